The molecule has 2 aromatic rings. The zero-order valence-electron chi connectivity index (χ0n) is 8.20. The number of ether oxygens (including phenoxy) is 1. The molecular formula is C9H11N5O. The molecule has 0 aromatic carbocycles. The van der Waals surface area contributed by atoms with Crippen LogP contribution in [0.4, 0.5) is 5.69 Å². The van der Waals surface area contributed by atoms with Crippen LogP contribution in [0.15, 0.2) is 18.3 Å². The fourth-order valence-corrected chi connectivity index (χ4v) is 1.74. The van der Waals surface area contributed by atoms with Crippen LogP contribution < -0.4 is 4.90 Å². The fourth-order valence-electron chi connectivity index (χ4n) is 1.74. The number of morpholine rings is 1. The van der Waals surface area contributed by atoms with E-state index in [0.29, 0.717) is 0 Å². The first-order chi connectivity index (χ1) is 7.43. The zero-order chi connectivity index (χ0) is 10.1. The van der Waals surface area contributed by atoms with Crippen LogP contribution in [0.1, 0.15) is 0 Å². The molecule has 0 bridgehead atoms. The van der Waals surface area contributed by atoms with Crippen molar-refractivity contribution in [1.82, 2.24) is 20.0 Å². The minimum atomic E-state index is 0.770. The van der Waals surface area contributed by atoms with Crippen molar-refractivity contribution in [3.63, 3.8) is 0 Å². The molecule has 0 aliphatic carbocycles. The number of pyridine rings is 1. The molecule has 1 aliphatic heterocycles. The normalized spacial score (nSPS) is 17.2. The van der Waals surface area contributed by atoms with Crippen molar-refractivity contribution in [2.24, 2.45) is 0 Å². The second-order valence-electron chi connectivity index (χ2n) is 3.47. The number of rotatable bonds is 1. The van der Waals surface area contributed by atoms with Gasteiger partial charge in [0.05, 0.1) is 25.1 Å². The topological polar surface area (TPSA) is 55.5 Å². The Morgan fingerprint density at radius 3 is 2.93 bits per heavy atom. The van der Waals surface area contributed by atoms with Crippen LogP contribution in [0.5, 0.6) is 0 Å². The molecule has 1 saturated heterocycles. The Hall–Kier alpha value is -1.69. The number of tetrazole rings is 1. The maximum absolute atomic E-state index is 5.30. The quantitative estimate of drug-likeness (QED) is 0.654. The summed E-state index contributed by atoms with van der Waals surface area (Å²) in [6, 6.07) is 3.96. The first kappa shape index (κ1) is 8.60. The highest BCUT2D eigenvalue weighted by atomic mass is 16.5. The lowest BCUT2D eigenvalue weighted by Crippen LogP contribution is -2.36. The van der Waals surface area contributed by atoms with E-state index in [2.05, 4.69) is 20.4 Å². The molecular weight excluding hydrogens is 194 g/mol. The monoisotopic (exact) mass is 205 g/mol. The van der Waals surface area contributed by atoms with Crippen LogP contribution in [-0.2, 0) is 4.74 Å². The summed E-state index contributed by atoms with van der Waals surface area (Å²) >= 11 is 0. The molecule has 3 heterocycles. The zero-order valence-corrected chi connectivity index (χ0v) is 8.20. The molecule has 0 radical (unpaired) electrons. The van der Waals surface area contributed by atoms with E-state index in [4.69, 9.17) is 4.74 Å². The van der Waals surface area contributed by atoms with Gasteiger partial charge in [0.2, 0.25) is 0 Å². The van der Waals surface area contributed by atoms with E-state index < -0.39 is 0 Å². The summed E-state index contributed by atoms with van der Waals surface area (Å²) in [5.41, 5.74) is 1.91. The summed E-state index contributed by atoms with van der Waals surface area (Å²) in [7, 11) is 0. The first-order valence-electron chi connectivity index (χ1n) is 4.94. The number of anilines is 1. The van der Waals surface area contributed by atoms with E-state index in [-0.39, 0.29) is 0 Å². The molecule has 6 heteroatoms. The Kier molecular flexibility index (Phi) is 1.99. The van der Waals surface area contributed by atoms with Crippen LogP contribution in [0.25, 0.3) is 5.65 Å². The molecule has 1 aliphatic rings. The molecule has 0 N–H and O–H groups in total. The summed E-state index contributed by atoms with van der Waals surface area (Å²) < 4.78 is 6.99. The van der Waals surface area contributed by atoms with Gasteiger partial charge in [0, 0.05) is 13.1 Å². The molecule has 0 spiro atoms. The Bertz CT molecular complexity index is 462. The highest BCUT2D eigenvalue weighted by molar-refractivity contribution is 5.50. The minimum Gasteiger partial charge on any atom is -0.378 e. The molecule has 3 rings (SSSR count). The SMILES string of the molecule is c1cc2nnnn2cc1N1CCOCC1. The summed E-state index contributed by atoms with van der Waals surface area (Å²) in [6.07, 6.45) is 1.95. The second kappa shape index (κ2) is 3.47. The molecule has 1 fully saturated rings. The van der Waals surface area contributed by atoms with Crippen LogP contribution in [0, 0.1) is 0 Å². The Balaban J connectivity index is 1.95. The van der Waals surface area contributed by atoms with Crippen LogP contribution >= 0.6 is 0 Å². The Morgan fingerprint density at radius 2 is 2.07 bits per heavy atom. The van der Waals surface area contributed by atoms with E-state index >= 15 is 0 Å². The number of hydrogen-bond donors (Lipinski definition) is 0. The van der Waals surface area contributed by atoms with Gasteiger partial charge < -0.3 is 9.64 Å². The number of fused-ring (bicyclic) bond motifs is 1. The third-order valence-corrected chi connectivity index (χ3v) is 2.55. The van der Waals surface area contributed by atoms with Crippen molar-refractivity contribution >= 4 is 11.3 Å². The molecule has 0 atom stereocenters. The van der Waals surface area contributed by atoms with Crippen molar-refractivity contribution < 1.29 is 4.74 Å². The van der Waals surface area contributed by atoms with Crippen LogP contribution in [-0.4, -0.2) is 46.3 Å². The third-order valence-electron chi connectivity index (χ3n) is 2.55. The van der Waals surface area contributed by atoms with Crippen molar-refractivity contribution in [3.05, 3.63) is 18.3 Å². The number of aromatic nitrogens is 4. The maximum Gasteiger partial charge on any atom is 0.179 e. The van der Waals surface area contributed by atoms with Crippen molar-refractivity contribution in [3.8, 4) is 0 Å². The van der Waals surface area contributed by atoms with Crippen molar-refractivity contribution in [2.75, 3.05) is 31.2 Å². The molecule has 15 heavy (non-hydrogen) atoms. The smallest absolute Gasteiger partial charge is 0.179 e. The van der Waals surface area contributed by atoms with Gasteiger partial charge in [-0.15, -0.1) is 5.10 Å². The standard InChI is InChI=1S/C9H11N5O/c1-2-9-10-11-12-14(9)7-8(1)13-3-5-15-6-4-13/h1-2,7H,3-6H2. The molecule has 6 nitrogen and oxygen atoms in total. The van der Waals surface area contributed by atoms with Gasteiger partial charge in [0.25, 0.3) is 0 Å². The molecule has 0 saturated carbocycles. The lowest BCUT2D eigenvalue weighted by molar-refractivity contribution is 0.122. The van der Waals surface area contributed by atoms with E-state index in [1.54, 1.807) is 4.52 Å². The third kappa shape index (κ3) is 1.52. The first-order valence-corrected chi connectivity index (χ1v) is 4.94. The summed E-state index contributed by atoms with van der Waals surface area (Å²) in [6.45, 7) is 3.42. The van der Waals surface area contributed by atoms with E-state index in [1.807, 2.05) is 18.3 Å². The highest BCUT2D eigenvalue weighted by Crippen LogP contribution is 2.15. The van der Waals surface area contributed by atoms with Gasteiger partial charge in [-0.05, 0) is 22.6 Å². The predicted octanol–water partition coefficient (Wildman–Crippen LogP) is -0.0391. The lowest BCUT2D eigenvalue weighted by atomic mass is 10.3. The van der Waals surface area contributed by atoms with E-state index in [9.17, 15) is 0 Å². The van der Waals surface area contributed by atoms with E-state index in [0.717, 1.165) is 37.6 Å². The van der Waals surface area contributed by atoms with Crippen molar-refractivity contribution in [2.45, 2.75) is 0 Å². The molecule has 2 aromatic heterocycles. The van der Waals surface area contributed by atoms with E-state index in [1.165, 1.54) is 0 Å². The summed E-state index contributed by atoms with van der Waals surface area (Å²) in [5.74, 6) is 0. The lowest BCUT2D eigenvalue weighted by Gasteiger charge is -2.28. The van der Waals surface area contributed by atoms with Gasteiger partial charge in [0.1, 0.15) is 0 Å². The highest BCUT2D eigenvalue weighted by Gasteiger charge is 2.11. The average molecular weight is 205 g/mol. The number of nitrogens with zero attached hydrogens (tertiary/aromatic N) is 5. The fraction of sp³-hybridized carbons (Fsp3) is 0.444. The second-order valence-corrected chi connectivity index (χ2v) is 3.47. The van der Waals surface area contributed by atoms with Crippen LogP contribution in [0.2, 0.25) is 0 Å². The largest absolute Gasteiger partial charge is 0.378 e. The van der Waals surface area contributed by atoms with Crippen molar-refractivity contribution in [1.29, 1.82) is 0 Å². The van der Waals surface area contributed by atoms with Gasteiger partial charge in [-0.3, -0.25) is 0 Å². The molecule has 78 valence electrons. The maximum atomic E-state index is 5.30. The summed E-state index contributed by atoms with van der Waals surface area (Å²) in [4.78, 5) is 2.27. The average Bonchev–Trinajstić information content (AvgIpc) is 2.77. The Morgan fingerprint density at radius 1 is 1.20 bits per heavy atom. The van der Waals surface area contributed by atoms with Gasteiger partial charge in [-0.1, -0.05) is 0 Å². The van der Waals surface area contributed by atoms with Gasteiger partial charge >= 0.3 is 0 Å². The predicted molar refractivity (Wildman–Crippen MR) is 53.8 cm³/mol. The van der Waals surface area contributed by atoms with Gasteiger partial charge in [-0.2, -0.15) is 4.52 Å². The molecule has 0 unspecified atom stereocenters. The number of hydrogen-bond acceptors (Lipinski definition) is 5. The minimum absolute atomic E-state index is 0.770. The van der Waals surface area contributed by atoms with Gasteiger partial charge in [0.15, 0.2) is 5.65 Å². The summed E-state index contributed by atoms with van der Waals surface area (Å²) in [5, 5.41) is 11.3. The van der Waals surface area contributed by atoms with Gasteiger partial charge in [-0.25, -0.2) is 0 Å². The molecule has 0 amide bonds. The van der Waals surface area contributed by atoms with Crippen LogP contribution in [0.3, 0.4) is 0 Å². The Labute approximate surface area is 86.4 Å².